The number of nitrogens with one attached hydrogen (secondary N) is 1. The Balaban J connectivity index is 1.84. The van der Waals surface area contributed by atoms with E-state index in [4.69, 9.17) is 4.42 Å². The Morgan fingerprint density at radius 2 is 1.85 bits per heavy atom. The first kappa shape index (κ1) is 14.1. The largest absolute Gasteiger partial charge is 0.433 e. The highest BCUT2D eigenvalue weighted by atomic mass is 16.6. The molecule has 106 valence electrons. The number of anilines is 1. The van der Waals surface area contributed by atoms with Crippen LogP contribution in [0.1, 0.15) is 11.3 Å². The van der Waals surface area contributed by atoms with Crippen LogP contribution in [0, 0.1) is 10.1 Å². The SMILES string of the molecule is CN(C)c1ccc(CNCc2ccc([N+](=O)[O-])o2)cc1. The van der Waals surface area contributed by atoms with Crippen molar-refractivity contribution >= 4 is 11.6 Å². The Labute approximate surface area is 117 Å². The van der Waals surface area contributed by atoms with E-state index in [2.05, 4.69) is 17.4 Å². The molecule has 0 aliphatic rings. The molecule has 20 heavy (non-hydrogen) atoms. The predicted molar refractivity (Wildman–Crippen MR) is 76.7 cm³/mol. The second kappa shape index (κ2) is 6.21. The Kier molecular flexibility index (Phi) is 4.37. The van der Waals surface area contributed by atoms with Gasteiger partial charge in [0.05, 0.1) is 12.6 Å². The highest BCUT2D eigenvalue weighted by Gasteiger charge is 2.11. The molecule has 0 fully saturated rings. The molecule has 0 saturated heterocycles. The Morgan fingerprint density at radius 3 is 2.40 bits per heavy atom. The number of hydrogen-bond acceptors (Lipinski definition) is 5. The third-order valence-electron chi connectivity index (χ3n) is 2.91. The Hall–Kier alpha value is -2.34. The number of nitro groups is 1. The lowest BCUT2D eigenvalue weighted by Crippen LogP contribution is -2.12. The number of nitrogens with zero attached hydrogens (tertiary/aromatic N) is 2. The molecule has 0 amide bonds. The number of hydrogen-bond donors (Lipinski definition) is 1. The summed E-state index contributed by atoms with van der Waals surface area (Å²) >= 11 is 0. The third kappa shape index (κ3) is 3.58. The lowest BCUT2D eigenvalue weighted by Gasteiger charge is -2.12. The van der Waals surface area contributed by atoms with Crippen molar-refractivity contribution in [2.24, 2.45) is 0 Å². The molecule has 0 aliphatic carbocycles. The zero-order valence-corrected chi connectivity index (χ0v) is 11.5. The van der Waals surface area contributed by atoms with Crippen LogP contribution in [0.5, 0.6) is 0 Å². The van der Waals surface area contributed by atoms with E-state index >= 15 is 0 Å². The van der Waals surface area contributed by atoms with E-state index in [1.807, 2.05) is 31.1 Å². The van der Waals surface area contributed by atoms with E-state index < -0.39 is 4.92 Å². The molecule has 0 radical (unpaired) electrons. The molecule has 6 nitrogen and oxygen atoms in total. The van der Waals surface area contributed by atoms with E-state index in [0.29, 0.717) is 18.8 Å². The maximum Gasteiger partial charge on any atom is 0.433 e. The van der Waals surface area contributed by atoms with Crippen LogP contribution >= 0.6 is 0 Å². The molecule has 0 atom stereocenters. The normalized spacial score (nSPS) is 10.5. The average molecular weight is 275 g/mol. The van der Waals surface area contributed by atoms with Crippen molar-refractivity contribution in [3.05, 3.63) is 57.8 Å². The molecule has 0 unspecified atom stereocenters. The van der Waals surface area contributed by atoms with Gasteiger partial charge in [0.1, 0.15) is 10.7 Å². The first-order valence-electron chi connectivity index (χ1n) is 6.26. The van der Waals surface area contributed by atoms with Crippen LogP contribution in [-0.2, 0) is 13.1 Å². The van der Waals surface area contributed by atoms with E-state index in [-0.39, 0.29) is 5.88 Å². The van der Waals surface area contributed by atoms with E-state index in [9.17, 15) is 10.1 Å². The summed E-state index contributed by atoms with van der Waals surface area (Å²) in [5, 5.41) is 13.7. The fourth-order valence-electron chi connectivity index (χ4n) is 1.80. The lowest BCUT2D eigenvalue weighted by atomic mass is 10.2. The minimum Gasteiger partial charge on any atom is -0.404 e. The summed E-state index contributed by atoms with van der Waals surface area (Å²) in [5.41, 5.74) is 2.30. The fraction of sp³-hybridized carbons (Fsp3) is 0.286. The second-order valence-electron chi connectivity index (χ2n) is 4.66. The molecule has 2 aromatic rings. The summed E-state index contributed by atoms with van der Waals surface area (Å²) in [5.74, 6) is 0.332. The summed E-state index contributed by atoms with van der Waals surface area (Å²) in [6.45, 7) is 1.14. The molecule has 1 aromatic heterocycles. The van der Waals surface area contributed by atoms with Crippen molar-refractivity contribution < 1.29 is 9.34 Å². The van der Waals surface area contributed by atoms with Crippen LogP contribution in [0.25, 0.3) is 0 Å². The smallest absolute Gasteiger partial charge is 0.404 e. The van der Waals surface area contributed by atoms with Crippen LogP contribution in [0.2, 0.25) is 0 Å². The van der Waals surface area contributed by atoms with Crippen molar-refractivity contribution in [2.45, 2.75) is 13.1 Å². The van der Waals surface area contributed by atoms with E-state index in [1.54, 1.807) is 6.07 Å². The fourth-order valence-corrected chi connectivity index (χ4v) is 1.80. The average Bonchev–Trinajstić information content (AvgIpc) is 2.88. The van der Waals surface area contributed by atoms with Crippen molar-refractivity contribution in [3.8, 4) is 0 Å². The van der Waals surface area contributed by atoms with Crippen LogP contribution < -0.4 is 10.2 Å². The maximum atomic E-state index is 10.5. The molecule has 0 bridgehead atoms. The molecule has 2 rings (SSSR count). The van der Waals surface area contributed by atoms with Gasteiger partial charge in [-0.25, -0.2) is 0 Å². The van der Waals surface area contributed by atoms with E-state index in [1.165, 1.54) is 6.07 Å². The Morgan fingerprint density at radius 1 is 1.15 bits per heavy atom. The summed E-state index contributed by atoms with van der Waals surface area (Å²) in [4.78, 5) is 12.0. The Bertz CT molecular complexity index is 576. The first-order chi connectivity index (χ1) is 9.56. The zero-order valence-electron chi connectivity index (χ0n) is 11.5. The van der Waals surface area contributed by atoms with E-state index in [0.717, 1.165) is 11.3 Å². The van der Waals surface area contributed by atoms with Gasteiger partial charge < -0.3 is 14.6 Å². The van der Waals surface area contributed by atoms with Crippen molar-refractivity contribution in [1.29, 1.82) is 0 Å². The highest BCUT2D eigenvalue weighted by Crippen LogP contribution is 2.16. The maximum absolute atomic E-state index is 10.5. The van der Waals surface area contributed by atoms with Crippen molar-refractivity contribution in [1.82, 2.24) is 5.32 Å². The standard InChI is InChI=1S/C14H17N3O3/c1-16(2)12-5-3-11(4-6-12)9-15-10-13-7-8-14(20-13)17(18)19/h3-8,15H,9-10H2,1-2H3. The molecule has 1 heterocycles. The number of rotatable bonds is 6. The second-order valence-corrected chi connectivity index (χ2v) is 4.66. The van der Waals surface area contributed by atoms with Gasteiger partial charge in [0.25, 0.3) is 0 Å². The summed E-state index contributed by atoms with van der Waals surface area (Å²) in [6, 6.07) is 11.2. The molecule has 1 N–H and O–H groups in total. The van der Waals surface area contributed by atoms with Crippen molar-refractivity contribution in [3.63, 3.8) is 0 Å². The quantitative estimate of drug-likeness (QED) is 0.648. The molecular formula is C14H17N3O3. The number of furan rings is 1. The summed E-state index contributed by atoms with van der Waals surface area (Å²) in [7, 11) is 3.99. The molecule has 0 aliphatic heterocycles. The topological polar surface area (TPSA) is 71.5 Å². The first-order valence-corrected chi connectivity index (χ1v) is 6.26. The van der Waals surface area contributed by atoms with Gasteiger partial charge in [-0.1, -0.05) is 12.1 Å². The van der Waals surface area contributed by atoms with Crippen LogP contribution in [-0.4, -0.2) is 19.0 Å². The summed E-state index contributed by atoms with van der Waals surface area (Å²) < 4.78 is 5.07. The van der Waals surface area contributed by atoms with Gasteiger partial charge in [-0.15, -0.1) is 0 Å². The summed E-state index contributed by atoms with van der Waals surface area (Å²) in [6.07, 6.45) is 0. The van der Waals surface area contributed by atoms with Gasteiger partial charge in [-0.3, -0.25) is 10.1 Å². The van der Waals surface area contributed by atoms with Crippen LogP contribution in [0.3, 0.4) is 0 Å². The zero-order chi connectivity index (χ0) is 14.5. The minimum absolute atomic E-state index is 0.225. The predicted octanol–water partition coefficient (Wildman–Crippen LogP) is 2.54. The molecule has 6 heteroatoms. The molecular weight excluding hydrogens is 258 g/mol. The lowest BCUT2D eigenvalue weighted by molar-refractivity contribution is -0.402. The van der Waals surface area contributed by atoms with Gasteiger partial charge in [0.15, 0.2) is 0 Å². The van der Waals surface area contributed by atoms with Crippen LogP contribution in [0.4, 0.5) is 11.6 Å². The van der Waals surface area contributed by atoms with Crippen LogP contribution in [0.15, 0.2) is 40.8 Å². The van der Waals surface area contributed by atoms with Gasteiger partial charge in [-0.2, -0.15) is 0 Å². The number of benzene rings is 1. The van der Waals surface area contributed by atoms with Gasteiger partial charge in [0, 0.05) is 26.3 Å². The molecule has 0 spiro atoms. The van der Waals surface area contributed by atoms with Gasteiger partial charge in [-0.05, 0) is 23.8 Å². The van der Waals surface area contributed by atoms with Gasteiger partial charge >= 0.3 is 5.88 Å². The molecule has 1 aromatic carbocycles. The monoisotopic (exact) mass is 275 g/mol. The van der Waals surface area contributed by atoms with Crippen molar-refractivity contribution in [2.75, 3.05) is 19.0 Å². The third-order valence-corrected chi connectivity index (χ3v) is 2.91. The highest BCUT2D eigenvalue weighted by molar-refractivity contribution is 5.45. The van der Waals surface area contributed by atoms with Gasteiger partial charge in [0.2, 0.25) is 0 Å². The molecule has 0 saturated carbocycles. The minimum atomic E-state index is -0.538.